The smallest absolute Gasteiger partial charge is 0.308 e. The molecule has 3 nitrogen and oxygen atoms in total. The Labute approximate surface area is 106 Å². The number of alkyl halides is 1. The van der Waals surface area contributed by atoms with E-state index < -0.39 is 0 Å². The third-order valence-electron chi connectivity index (χ3n) is 1.96. The number of carbonyl (C=O) groups is 1. The van der Waals surface area contributed by atoms with Crippen LogP contribution >= 0.6 is 11.6 Å². The van der Waals surface area contributed by atoms with Crippen molar-refractivity contribution in [3.8, 4) is 5.75 Å². The number of ether oxygens (including phenoxy) is 1. The Morgan fingerprint density at radius 1 is 1.44 bits per heavy atom. The van der Waals surface area contributed by atoms with Gasteiger partial charge < -0.3 is 22.9 Å². The van der Waals surface area contributed by atoms with Crippen molar-refractivity contribution in [3.63, 3.8) is 0 Å². The van der Waals surface area contributed by atoms with Crippen LogP contribution in [0.15, 0.2) is 24.3 Å². The van der Waals surface area contributed by atoms with Crippen molar-refractivity contribution in [2.24, 2.45) is 0 Å². The molecule has 0 saturated heterocycles. The maximum absolute atomic E-state index is 10.7. The Balaban J connectivity index is 0.00000225. The normalized spacial score (nSPS) is 11.4. The Morgan fingerprint density at radius 3 is 2.44 bits per heavy atom. The fourth-order valence-electron chi connectivity index (χ4n) is 1.26. The van der Waals surface area contributed by atoms with Gasteiger partial charge in [0.15, 0.2) is 0 Å². The minimum atomic E-state index is -0.317. The third-order valence-corrected chi connectivity index (χ3v) is 2.43. The minimum Gasteiger partial charge on any atom is -1.00 e. The van der Waals surface area contributed by atoms with E-state index in [-0.39, 0.29) is 23.8 Å². The van der Waals surface area contributed by atoms with Crippen molar-refractivity contribution in [1.29, 1.82) is 0 Å². The Morgan fingerprint density at radius 2 is 2.00 bits per heavy atom. The maximum Gasteiger partial charge on any atom is 0.308 e. The van der Waals surface area contributed by atoms with Gasteiger partial charge in [-0.2, -0.15) is 0 Å². The van der Waals surface area contributed by atoms with Crippen LogP contribution in [0.1, 0.15) is 24.3 Å². The highest BCUT2D eigenvalue weighted by atomic mass is 35.5. The molecular weight excluding hydrogens is 249 g/mol. The fourth-order valence-corrected chi connectivity index (χ4v) is 1.56. The van der Waals surface area contributed by atoms with Gasteiger partial charge in [0.25, 0.3) is 0 Å². The number of quaternary nitrogens is 1. The molecule has 0 bridgehead atoms. The lowest BCUT2D eigenvalue weighted by molar-refractivity contribution is -0.368. The molecule has 0 heterocycles. The molecule has 1 aromatic rings. The van der Waals surface area contributed by atoms with Gasteiger partial charge in [-0.05, 0) is 17.7 Å². The van der Waals surface area contributed by atoms with E-state index in [1.165, 1.54) is 6.92 Å². The topological polar surface area (TPSA) is 53.9 Å². The number of hydrogen-bond acceptors (Lipinski definition) is 2. The van der Waals surface area contributed by atoms with Gasteiger partial charge >= 0.3 is 5.97 Å². The van der Waals surface area contributed by atoms with Gasteiger partial charge in [0.2, 0.25) is 0 Å². The zero-order valence-corrected chi connectivity index (χ0v) is 10.6. The molecule has 1 atom stereocenters. The van der Waals surface area contributed by atoms with E-state index in [4.69, 9.17) is 16.3 Å². The van der Waals surface area contributed by atoms with Crippen LogP contribution in [-0.2, 0) is 4.79 Å². The van der Waals surface area contributed by atoms with Crippen molar-refractivity contribution in [2.45, 2.75) is 18.7 Å². The van der Waals surface area contributed by atoms with Gasteiger partial charge in [-0.1, -0.05) is 12.1 Å². The predicted molar refractivity (Wildman–Crippen MR) is 58.7 cm³/mol. The van der Waals surface area contributed by atoms with Crippen molar-refractivity contribution in [1.82, 2.24) is 0 Å². The van der Waals surface area contributed by atoms with E-state index in [9.17, 15) is 4.79 Å². The second-order valence-electron chi connectivity index (χ2n) is 3.27. The van der Waals surface area contributed by atoms with Gasteiger partial charge in [-0.25, -0.2) is 0 Å². The monoisotopic (exact) mass is 263 g/mol. The molecule has 1 aromatic carbocycles. The lowest BCUT2D eigenvalue weighted by atomic mass is 10.1. The Kier molecular flexibility index (Phi) is 7.13. The van der Waals surface area contributed by atoms with Crippen molar-refractivity contribution < 1.29 is 27.7 Å². The van der Waals surface area contributed by atoms with Crippen molar-refractivity contribution >= 4 is 17.6 Å². The molecule has 3 N–H and O–H groups in total. The first-order valence-electron chi connectivity index (χ1n) is 4.85. The molecule has 0 fully saturated rings. The molecule has 0 amide bonds. The molecule has 16 heavy (non-hydrogen) atoms. The predicted octanol–water partition coefficient (Wildman–Crippen LogP) is -1.47. The summed E-state index contributed by atoms with van der Waals surface area (Å²) in [7, 11) is 0. The summed E-state index contributed by atoms with van der Waals surface area (Å²) >= 11 is 6.12. The number of hydrogen-bond donors (Lipinski definition) is 1. The molecule has 1 rings (SSSR count). The second kappa shape index (κ2) is 7.49. The molecule has 5 heteroatoms. The van der Waals surface area contributed by atoms with Crippen LogP contribution in [0.4, 0.5) is 0 Å². The largest absolute Gasteiger partial charge is 1.00 e. The summed E-state index contributed by atoms with van der Waals surface area (Å²) in [6.45, 7) is 2.18. The number of halogens is 2. The summed E-state index contributed by atoms with van der Waals surface area (Å²) in [5, 5.41) is -0.0196. The van der Waals surface area contributed by atoms with Crippen LogP contribution in [0.2, 0.25) is 0 Å². The lowest BCUT2D eigenvalue weighted by Gasteiger charge is -2.08. The molecule has 0 aliphatic carbocycles. The molecule has 90 valence electrons. The quantitative estimate of drug-likeness (QED) is 0.410. The lowest BCUT2D eigenvalue weighted by Crippen LogP contribution is -3.00. The first-order valence-corrected chi connectivity index (χ1v) is 5.29. The molecule has 0 aromatic heterocycles. The van der Waals surface area contributed by atoms with Crippen LogP contribution in [0.3, 0.4) is 0 Å². The molecule has 0 saturated carbocycles. The first kappa shape index (κ1) is 15.2. The summed E-state index contributed by atoms with van der Waals surface area (Å²) in [6, 6.07) is 7.22. The molecule has 0 aliphatic heterocycles. The van der Waals surface area contributed by atoms with E-state index in [2.05, 4.69) is 5.73 Å². The summed E-state index contributed by atoms with van der Waals surface area (Å²) < 4.78 is 4.91. The highest BCUT2D eigenvalue weighted by Gasteiger charge is 2.07. The number of carbonyl (C=O) groups excluding carboxylic acids is 1. The molecule has 1 unspecified atom stereocenters. The van der Waals surface area contributed by atoms with Gasteiger partial charge in [0, 0.05) is 13.3 Å². The summed E-state index contributed by atoms with van der Waals surface area (Å²) in [5.41, 5.74) is 4.78. The minimum absolute atomic E-state index is 0. The highest BCUT2D eigenvalue weighted by molar-refractivity contribution is 6.20. The second-order valence-corrected chi connectivity index (χ2v) is 3.80. The summed E-state index contributed by atoms with van der Waals surface area (Å²) in [6.07, 6.45) is 0.842. The van der Waals surface area contributed by atoms with Gasteiger partial charge in [0.1, 0.15) is 5.75 Å². The number of rotatable bonds is 4. The Hall–Kier alpha value is -0.770. The van der Waals surface area contributed by atoms with Gasteiger partial charge in [0.05, 0.1) is 11.9 Å². The number of benzene rings is 1. The molecule has 0 spiro atoms. The zero-order valence-electron chi connectivity index (χ0n) is 9.08. The first-order chi connectivity index (χ1) is 7.13. The molecule has 0 radical (unpaired) electrons. The zero-order chi connectivity index (χ0) is 11.3. The summed E-state index contributed by atoms with van der Waals surface area (Å²) in [4.78, 5) is 10.7. The van der Waals surface area contributed by atoms with Crippen LogP contribution in [-0.4, -0.2) is 12.5 Å². The standard InChI is InChI=1S/C11H14ClNO2.ClH/c1-8(14)15-10-4-2-9(3-5-10)11(12)6-7-13;/h2-5,11H,6-7,13H2,1H3;1H. The highest BCUT2D eigenvalue weighted by Crippen LogP contribution is 2.25. The Bertz CT molecular complexity index is 327. The molecule has 0 aliphatic rings. The molecular formula is C11H15Cl2NO2. The van der Waals surface area contributed by atoms with Crippen LogP contribution < -0.4 is 22.9 Å². The average molecular weight is 264 g/mol. The SMILES string of the molecule is CC(=O)Oc1ccc(C(Cl)CC[NH3+])cc1.[Cl-]. The fraction of sp³-hybridized carbons (Fsp3) is 0.364. The number of esters is 1. The summed E-state index contributed by atoms with van der Waals surface area (Å²) in [5.74, 6) is 0.229. The van der Waals surface area contributed by atoms with E-state index >= 15 is 0 Å². The van der Waals surface area contributed by atoms with Crippen LogP contribution in [0.5, 0.6) is 5.75 Å². The van der Waals surface area contributed by atoms with Crippen LogP contribution in [0, 0.1) is 0 Å². The van der Waals surface area contributed by atoms with E-state index in [0.717, 1.165) is 18.5 Å². The van der Waals surface area contributed by atoms with E-state index in [1.807, 2.05) is 12.1 Å². The van der Waals surface area contributed by atoms with Gasteiger partial charge in [-0.3, -0.25) is 4.79 Å². The maximum atomic E-state index is 10.7. The van der Waals surface area contributed by atoms with Crippen LogP contribution in [0.25, 0.3) is 0 Å². The van der Waals surface area contributed by atoms with E-state index in [0.29, 0.717) is 5.75 Å². The van der Waals surface area contributed by atoms with Crippen molar-refractivity contribution in [3.05, 3.63) is 29.8 Å². The van der Waals surface area contributed by atoms with Gasteiger partial charge in [-0.15, -0.1) is 11.6 Å². The third kappa shape index (κ3) is 4.84. The van der Waals surface area contributed by atoms with Crippen molar-refractivity contribution in [2.75, 3.05) is 6.54 Å². The average Bonchev–Trinajstić information content (AvgIpc) is 2.18. The van der Waals surface area contributed by atoms with E-state index in [1.54, 1.807) is 12.1 Å².